The standard InChI is InChI=1S/C12H21N3/c1-10(2)5-4-6-11(3)7-8-15-9-12(13)14/h5,7-8H,4,6,9H2,1-3H3,(H3,13,14)/b11-7+,15-8?. The Balaban J connectivity index is 3.84. The number of aliphatic imine (C=N–C) groups is 1. The molecule has 0 spiro atoms. The number of allylic oxidation sites excluding steroid dienone is 4. The molecule has 0 aromatic heterocycles. The van der Waals surface area contributed by atoms with E-state index in [2.05, 4.69) is 31.8 Å². The van der Waals surface area contributed by atoms with Gasteiger partial charge >= 0.3 is 0 Å². The number of nitrogens with zero attached hydrogens (tertiary/aromatic N) is 1. The van der Waals surface area contributed by atoms with E-state index < -0.39 is 0 Å². The maximum atomic E-state index is 6.97. The molecule has 0 aliphatic heterocycles. The molecule has 3 N–H and O–H groups in total. The van der Waals surface area contributed by atoms with Crippen LogP contribution in [-0.2, 0) is 0 Å². The first kappa shape index (κ1) is 13.6. The van der Waals surface area contributed by atoms with Gasteiger partial charge in [-0.1, -0.05) is 17.2 Å². The summed E-state index contributed by atoms with van der Waals surface area (Å²) in [7, 11) is 0. The molecule has 3 heteroatoms. The number of nitrogens with one attached hydrogen (secondary N) is 1. The molecule has 0 aliphatic rings. The Kier molecular flexibility index (Phi) is 7.24. The second-order valence-electron chi connectivity index (χ2n) is 3.85. The lowest BCUT2D eigenvalue weighted by Gasteiger charge is -1.96. The van der Waals surface area contributed by atoms with Crippen LogP contribution in [0.25, 0.3) is 0 Å². The van der Waals surface area contributed by atoms with Crippen LogP contribution in [0.3, 0.4) is 0 Å². The lowest BCUT2D eigenvalue weighted by molar-refractivity contribution is 0.969. The van der Waals surface area contributed by atoms with Crippen LogP contribution in [0, 0.1) is 5.41 Å². The fourth-order valence-corrected chi connectivity index (χ4v) is 1.00. The van der Waals surface area contributed by atoms with Crippen molar-refractivity contribution in [2.75, 3.05) is 6.54 Å². The van der Waals surface area contributed by atoms with Gasteiger partial charge in [-0.15, -0.1) is 0 Å². The molecule has 0 unspecified atom stereocenters. The van der Waals surface area contributed by atoms with Crippen molar-refractivity contribution in [1.82, 2.24) is 0 Å². The van der Waals surface area contributed by atoms with Crippen LogP contribution >= 0.6 is 0 Å². The van der Waals surface area contributed by atoms with Crippen LogP contribution in [0.1, 0.15) is 33.6 Å². The lowest BCUT2D eigenvalue weighted by atomic mass is 10.1. The summed E-state index contributed by atoms with van der Waals surface area (Å²) in [4.78, 5) is 3.99. The van der Waals surface area contributed by atoms with Gasteiger partial charge in [-0.3, -0.25) is 10.4 Å². The summed E-state index contributed by atoms with van der Waals surface area (Å²) in [5.74, 6) is 0.0989. The van der Waals surface area contributed by atoms with E-state index in [1.165, 1.54) is 11.1 Å². The van der Waals surface area contributed by atoms with Gasteiger partial charge in [0.1, 0.15) is 5.84 Å². The van der Waals surface area contributed by atoms with Crippen molar-refractivity contribution in [2.24, 2.45) is 10.7 Å². The van der Waals surface area contributed by atoms with E-state index in [-0.39, 0.29) is 12.4 Å². The third kappa shape index (κ3) is 10.5. The van der Waals surface area contributed by atoms with Gasteiger partial charge in [0.05, 0.1) is 6.54 Å². The largest absolute Gasteiger partial charge is 0.386 e. The molecule has 0 heterocycles. The highest BCUT2D eigenvalue weighted by atomic mass is 14.8. The predicted octanol–water partition coefficient (Wildman–Crippen LogP) is 2.69. The van der Waals surface area contributed by atoms with Gasteiger partial charge in [0.25, 0.3) is 0 Å². The fourth-order valence-electron chi connectivity index (χ4n) is 1.00. The monoisotopic (exact) mass is 207 g/mol. The quantitative estimate of drug-likeness (QED) is 0.392. The highest BCUT2D eigenvalue weighted by molar-refractivity contribution is 5.82. The average molecular weight is 207 g/mol. The normalized spacial score (nSPS) is 11.8. The number of hydrogen-bond donors (Lipinski definition) is 2. The summed E-state index contributed by atoms with van der Waals surface area (Å²) in [6.07, 6.45) is 8.05. The lowest BCUT2D eigenvalue weighted by Crippen LogP contribution is -2.12. The predicted molar refractivity (Wildman–Crippen MR) is 67.7 cm³/mol. The number of hydrogen-bond acceptors (Lipinski definition) is 2. The molecule has 84 valence electrons. The molecule has 0 bridgehead atoms. The Morgan fingerprint density at radius 1 is 1.33 bits per heavy atom. The number of nitrogens with two attached hydrogens (primary N) is 1. The van der Waals surface area contributed by atoms with Gasteiger partial charge in [0.2, 0.25) is 0 Å². The Labute approximate surface area is 92.3 Å². The van der Waals surface area contributed by atoms with Crippen LogP contribution in [0.4, 0.5) is 0 Å². The molecule has 0 rings (SSSR count). The minimum atomic E-state index is 0.0989. The minimum absolute atomic E-state index is 0.0989. The maximum Gasteiger partial charge on any atom is 0.113 e. The second-order valence-corrected chi connectivity index (χ2v) is 3.85. The highest BCUT2D eigenvalue weighted by Crippen LogP contribution is 2.05. The van der Waals surface area contributed by atoms with Crippen LogP contribution in [0.15, 0.2) is 28.3 Å². The van der Waals surface area contributed by atoms with Crippen LogP contribution in [0.5, 0.6) is 0 Å². The zero-order valence-corrected chi connectivity index (χ0v) is 9.88. The maximum absolute atomic E-state index is 6.97. The zero-order valence-electron chi connectivity index (χ0n) is 9.88. The van der Waals surface area contributed by atoms with E-state index in [4.69, 9.17) is 11.1 Å². The molecule has 0 fully saturated rings. The van der Waals surface area contributed by atoms with E-state index >= 15 is 0 Å². The Morgan fingerprint density at radius 3 is 2.53 bits per heavy atom. The second kappa shape index (κ2) is 7.97. The van der Waals surface area contributed by atoms with Gasteiger partial charge < -0.3 is 5.73 Å². The molecule has 0 aromatic rings. The van der Waals surface area contributed by atoms with Gasteiger partial charge in [0.15, 0.2) is 0 Å². The zero-order chi connectivity index (χ0) is 11.7. The number of amidine groups is 1. The topological polar surface area (TPSA) is 62.2 Å². The first-order chi connectivity index (χ1) is 7.02. The molecule has 0 saturated heterocycles. The third-order valence-electron chi connectivity index (χ3n) is 1.82. The molecule has 0 aromatic carbocycles. The van der Waals surface area contributed by atoms with Crippen molar-refractivity contribution in [3.8, 4) is 0 Å². The summed E-state index contributed by atoms with van der Waals surface area (Å²) in [6.45, 7) is 6.58. The van der Waals surface area contributed by atoms with Gasteiger partial charge in [-0.2, -0.15) is 0 Å². The molecule has 0 aliphatic carbocycles. The molecule has 0 amide bonds. The van der Waals surface area contributed by atoms with E-state index in [1.807, 2.05) is 6.08 Å². The Morgan fingerprint density at radius 2 is 2.00 bits per heavy atom. The van der Waals surface area contributed by atoms with Crippen molar-refractivity contribution in [2.45, 2.75) is 33.6 Å². The summed E-state index contributed by atoms with van der Waals surface area (Å²) >= 11 is 0. The molecule has 15 heavy (non-hydrogen) atoms. The number of rotatable bonds is 6. The average Bonchev–Trinajstić information content (AvgIpc) is 2.11. The molecule has 0 atom stereocenters. The van der Waals surface area contributed by atoms with E-state index in [0.29, 0.717) is 0 Å². The molecular formula is C12H21N3. The summed E-state index contributed by atoms with van der Waals surface area (Å²) in [5.41, 5.74) is 7.81. The van der Waals surface area contributed by atoms with Crippen molar-refractivity contribution < 1.29 is 0 Å². The van der Waals surface area contributed by atoms with Gasteiger partial charge in [0, 0.05) is 6.21 Å². The summed E-state index contributed by atoms with van der Waals surface area (Å²) in [6, 6.07) is 0. The van der Waals surface area contributed by atoms with E-state index in [1.54, 1.807) is 6.21 Å². The smallest absolute Gasteiger partial charge is 0.113 e. The van der Waals surface area contributed by atoms with Crippen molar-refractivity contribution >= 4 is 12.1 Å². The molecule has 3 nitrogen and oxygen atoms in total. The van der Waals surface area contributed by atoms with Crippen molar-refractivity contribution in [1.29, 1.82) is 5.41 Å². The van der Waals surface area contributed by atoms with E-state index in [9.17, 15) is 0 Å². The summed E-state index contributed by atoms with van der Waals surface area (Å²) < 4.78 is 0. The SMILES string of the molecule is CC(C)=CCC/C(C)=C/C=NCC(=N)N. The first-order valence-corrected chi connectivity index (χ1v) is 5.14. The Hall–Kier alpha value is -1.38. The summed E-state index contributed by atoms with van der Waals surface area (Å²) in [5, 5.41) is 6.97. The van der Waals surface area contributed by atoms with E-state index in [0.717, 1.165) is 12.8 Å². The third-order valence-corrected chi connectivity index (χ3v) is 1.82. The van der Waals surface area contributed by atoms with Crippen LogP contribution in [-0.4, -0.2) is 18.6 Å². The Bertz CT molecular complexity index is 281. The van der Waals surface area contributed by atoms with Crippen LogP contribution in [0.2, 0.25) is 0 Å². The molecule has 0 radical (unpaired) electrons. The van der Waals surface area contributed by atoms with Crippen molar-refractivity contribution in [3.05, 3.63) is 23.3 Å². The van der Waals surface area contributed by atoms with Crippen molar-refractivity contribution in [3.63, 3.8) is 0 Å². The molecular weight excluding hydrogens is 186 g/mol. The minimum Gasteiger partial charge on any atom is -0.386 e. The first-order valence-electron chi connectivity index (χ1n) is 5.14. The van der Waals surface area contributed by atoms with Gasteiger partial charge in [-0.05, 0) is 39.7 Å². The molecule has 0 saturated carbocycles. The fraction of sp³-hybridized carbons (Fsp3) is 0.500. The van der Waals surface area contributed by atoms with Crippen LogP contribution < -0.4 is 5.73 Å². The van der Waals surface area contributed by atoms with Gasteiger partial charge in [-0.25, -0.2) is 0 Å². The highest BCUT2D eigenvalue weighted by Gasteiger charge is 1.87.